The lowest BCUT2D eigenvalue weighted by Crippen LogP contribution is -2.37. The van der Waals surface area contributed by atoms with Gasteiger partial charge in [-0.05, 0) is 36.6 Å². The summed E-state index contributed by atoms with van der Waals surface area (Å²) in [5.41, 5.74) is 2.41. The van der Waals surface area contributed by atoms with Gasteiger partial charge in [-0.15, -0.1) is 0 Å². The molecule has 0 bridgehead atoms. The van der Waals surface area contributed by atoms with Crippen molar-refractivity contribution in [2.75, 3.05) is 20.8 Å². The molecular weight excluding hydrogens is 290 g/mol. The first-order valence-corrected chi connectivity index (χ1v) is 7.95. The summed E-state index contributed by atoms with van der Waals surface area (Å²) in [6.45, 7) is 1.85. The van der Waals surface area contributed by atoms with Gasteiger partial charge in [0.15, 0.2) is 0 Å². The maximum absolute atomic E-state index is 5.72. The zero-order valence-corrected chi connectivity index (χ0v) is 13.7. The summed E-state index contributed by atoms with van der Waals surface area (Å²) >= 11 is 0. The topological polar surface area (TPSA) is 47.5 Å². The molecule has 122 valence electrons. The Balaban J connectivity index is 1.77. The zero-order valence-electron chi connectivity index (χ0n) is 13.7. The summed E-state index contributed by atoms with van der Waals surface area (Å²) in [5.74, 6) is 0.705. The standard InChI is InChI=1S/C18H23N3O2/c1-22-17-7-11-21(13-15-4-3-8-20-18(15)23-2)16(17)12-14-5-9-19-10-6-14/h3-6,8-10,16-17H,7,11-13H2,1-2H3/t16-,17-/m1/s1. The SMILES string of the molecule is COc1ncccc1CN1CC[C@@H](OC)[C@H]1Cc1ccncc1. The van der Waals surface area contributed by atoms with Crippen molar-refractivity contribution in [1.29, 1.82) is 0 Å². The fraction of sp³-hybridized carbons (Fsp3) is 0.444. The number of nitrogens with zero attached hydrogens (tertiary/aromatic N) is 3. The largest absolute Gasteiger partial charge is 0.481 e. The van der Waals surface area contributed by atoms with E-state index in [1.165, 1.54) is 5.56 Å². The van der Waals surface area contributed by atoms with Gasteiger partial charge in [0.05, 0.1) is 13.2 Å². The summed E-state index contributed by atoms with van der Waals surface area (Å²) < 4.78 is 11.1. The Morgan fingerprint density at radius 3 is 2.74 bits per heavy atom. The minimum Gasteiger partial charge on any atom is -0.481 e. The Morgan fingerprint density at radius 1 is 1.17 bits per heavy atom. The summed E-state index contributed by atoms with van der Waals surface area (Å²) in [7, 11) is 3.47. The van der Waals surface area contributed by atoms with Gasteiger partial charge in [0.2, 0.25) is 5.88 Å². The number of hydrogen-bond acceptors (Lipinski definition) is 5. The van der Waals surface area contributed by atoms with Crippen molar-refractivity contribution in [3.63, 3.8) is 0 Å². The lowest BCUT2D eigenvalue weighted by molar-refractivity contribution is 0.0636. The first kappa shape index (κ1) is 15.9. The molecule has 1 aliphatic rings. The first-order chi connectivity index (χ1) is 11.3. The van der Waals surface area contributed by atoms with E-state index in [1.807, 2.05) is 18.5 Å². The van der Waals surface area contributed by atoms with E-state index in [2.05, 4.69) is 33.1 Å². The Morgan fingerprint density at radius 2 is 2.00 bits per heavy atom. The molecule has 3 heterocycles. The van der Waals surface area contributed by atoms with Crippen molar-refractivity contribution in [3.05, 3.63) is 54.0 Å². The molecule has 2 atom stereocenters. The lowest BCUT2D eigenvalue weighted by atomic mass is 10.0. The van der Waals surface area contributed by atoms with E-state index in [4.69, 9.17) is 9.47 Å². The molecule has 0 spiro atoms. The molecule has 1 fully saturated rings. The molecule has 0 aromatic carbocycles. The van der Waals surface area contributed by atoms with Gasteiger partial charge in [-0.3, -0.25) is 9.88 Å². The van der Waals surface area contributed by atoms with E-state index in [1.54, 1.807) is 20.4 Å². The van der Waals surface area contributed by atoms with Gasteiger partial charge < -0.3 is 9.47 Å². The van der Waals surface area contributed by atoms with E-state index in [0.29, 0.717) is 11.9 Å². The van der Waals surface area contributed by atoms with Crippen LogP contribution >= 0.6 is 0 Å². The summed E-state index contributed by atoms with van der Waals surface area (Å²) in [6, 6.07) is 8.55. The van der Waals surface area contributed by atoms with Gasteiger partial charge >= 0.3 is 0 Å². The van der Waals surface area contributed by atoms with Crippen LogP contribution in [0.3, 0.4) is 0 Å². The summed E-state index contributed by atoms with van der Waals surface area (Å²) in [6.07, 6.45) is 7.73. The van der Waals surface area contributed by atoms with Gasteiger partial charge in [-0.2, -0.15) is 0 Å². The van der Waals surface area contributed by atoms with E-state index in [9.17, 15) is 0 Å². The zero-order chi connectivity index (χ0) is 16.1. The molecule has 23 heavy (non-hydrogen) atoms. The molecular formula is C18H23N3O2. The van der Waals surface area contributed by atoms with Crippen LogP contribution < -0.4 is 4.74 Å². The molecule has 0 aliphatic carbocycles. The molecule has 1 aliphatic heterocycles. The maximum atomic E-state index is 5.72. The predicted octanol–water partition coefficient (Wildman–Crippen LogP) is 2.32. The molecule has 5 nitrogen and oxygen atoms in total. The highest BCUT2D eigenvalue weighted by Gasteiger charge is 2.34. The van der Waals surface area contributed by atoms with Gasteiger partial charge in [0, 0.05) is 50.4 Å². The van der Waals surface area contributed by atoms with Crippen LogP contribution in [0, 0.1) is 0 Å². The second-order valence-electron chi connectivity index (χ2n) is 5.83. The van der Waals surface area contributed by atoms with Crippen LogP contribution in [0.1, 0.15) is 17.5 Å². The quantitative estimate of drug-likeness (QED) is 0.819. The van der Waals surface area contributed by atoms with Crippen molar-refractivity contribution in [3.8, 4) is 5.88 Å². The minimum absolute atomic E-state index is 0.255. The predicted molar refractivity (Wildman–Crippen MR) is 88.3 cm³/mol. The second kappa shape index (κ2) is 7.53. The highest BCUT2D eigenvalue weighted by molar-refractivity contribution is 5.25. The molecule has 2 aromatic rings. The molecule has 3 rings (SSSR count). The number of pyridine rings is 2. The normalized spacial score (nSPS) is 21.5. The highest BCUT2D eigenvalue weighted by Crippen LogP contribution is 2.27. The minimum atomic E-state index is 0.255. The molecule has 0 amide bonds. The molecule has 1 saturated heterocycles. The number of methoxy groups -OCH3 is 2. The van der Waals surface area contributed by atoms with Crippen molar-refractivity contribution in [2.24, 2.45) is 0 Å². The van der Waals surface area contributed by atoms with Crippen LogP contribution in [0.2, 0.25) is 0 Å². The van der Waals surface area contributed by atoms with Crippen LogP contribution in [0.25, 0.3) is 0 Å². The van der Waals surface area contributed by atoms with Crippen LogP contribution in [-0.2, 0) is 17.7 Å². The van der Waals surface area contributed by atoms with Gasteiger partial charge in [0.25, 0.3) is 0 Å². The fourth-order valence-electron chi connectivity index (χ4n) is 3.33. The van der Waals surface area contributed by atoms with Crippen LogP contribution in [0.15, 0.2) is 42.9 Å². The lowest BCUT2D eigenvalue weighted by Gasteiger charge is -2.28. The van der Waals surface area contributed by atoms with E-state index in [-0.39, 0.29) is 6.10 Å². The third-order valence-corrected chi connectivity index (χ3v) is 4.51. The maximum Gasteiger partial charge on any atom is 0.217 e. The Bertz CT molecular complexity index is 621. The van der Waals surface area contributed by atoms with Gasteiger partial charge in [-0.25, -0.2) is 4.98 Å². The van der Waals surface area contributed by atoms with Crippen molar-refractivity contribution in [1.82, 2.24) is 14.9 Å². The highest BCUT2D eigenvalue weighted by atomic mass is 16.5. The monoisotopic (exact) mass is 313 g/mol. The molecule has 0 radical (unpaired) electrons. The number of hydrogen-bond donors (Lipinski definition) is 0. The summed E-state index contributed by atoms with van der Waals surface area (Å²) in [4.78, 5) is 10.9. The number of aromatic nitrogens is 2. The van der Waals surface area contributed by atoms with E-state index < -0.39 is 0 Å². The summed E-state index contributed by atoms with van der Waals surface area (Å²) in [5, 5.41) is 0. The Hall–Kier alpha value is -1.98. The molecule has 0 unspecified atom stereocenters. The van der Waals surface area contributed by atoms with E-state index in [0.717, 1.165) is 31.5 Å². The van der Waals surface area contributed by atoms with Crippen molar-refractivity contribution in [2.45, 2.75) is 31.5 Å². The third-order valence-electron chi connectivity index (χ3n) is 4.51. The smallest absolute Gasteiger partial charge is 0.217 e. The van der Waals surface area contributed by atoms with E-state index >= 15 is 0 Å². The van der Waals surface area contributed by atoms with Crippen LogP contribution in [0.5, 0.6) is 5.88 Å². The number of rotatable bonds is 6. The van der Waals surface area contributed by atoms with Crippen LogP contribution in [0.4, 0.5) is 0 Å². The fourth-order valence-corrected chi connectivity index (χ4v) is 3.33. The average Bonchev–Trinajstić information content (AvgIpc) is 2.98. The van der Waals surface area contributed by atoms with Gasteiger partial charge in [-0.1, -0.05) is 6.07 Å². The number of likely N-dealkylation sites (tertiary alicyclic amines) is 1. The molecule has 2 aromatic heterocycles. The first-order valence-electron chi connectivity index (χ1n) is 7.95. The molecule has 0 saturated carbocycles. The van der Waals surface area contributed by atoms with Crippen LogP contribution in [-0.4, -0.2) is 47.8 Å². The third kappa shape index (κ3) is 3.68. The molecule has 0 N–H and O–H groups in total. The number of ether oxygens (including phenoxy) is 2. The van der Waals surface area contributed by atoms with Crippen molar-refractivity contribution < 1.29 is 9.47 Å². The molecule has 5 heteroatoms. The van der Waals surface area contributed by atoms with Crippen molar-refractivity contribution >= 4 is 0 Å². The Kier molecular flexibility index (Phi) is 5.20. The Labute approximate surface area is 137 Å². The second-order valence-corrected chi connectivity index (χ2v) is 5.83. The van der Waals surface area contributed by atoms with Gasteiger partial charge in [0.1, 0.15) is 0 Å². The average molecular weight is 313 g/mol.